The van der Waals surface area contributed by atoms with Crippen molar-refractivity contribution in [3.05, 3.63) is 0 Å². The molecule has 0 aromatic rings. The maximum Gasteiger partial charge on any atom is 0.327 e. The average Bonchev–Trinajstić information content (AvgIpc) is 1.93. The quantitative estimate of drug-likeness (QED) is 0.634. The molecule has 1 aliphatic rings. The van der Waals surface area contributed by atoms with E-state index in [1.807, 2.05) is 0 Å². The van der Waals surface area contributed by atoms with Gasteiger partial charge in [-0.25, -0.2) is 0 Å². The van der Waals surface area contributed by atoms with E-state index in [0.717, 1.165) is 31.6 Å². The van der Waals surface area contributed by atoms with Gasteiger partial charge in [-0.15, -0.1) is 0 Å². The van der Waals surface area contributed by atoms with Crippen LogP contribution in [0.1, 0.15) is 32.6 Å². The molecule has 0 aliphatic heterocycles. The van der Waals surface area contributed by atoms with Crippen LogP contribution in [0.4, 0.5) is 0 Å². The van der Waals surface area contributed by atoms with Crippen molar-refractivity contribution in [2.24, 2.45) is 5.92 Å². The molecule has 0 bridgehead atoms. The molecule has 2 N–H and O–H groups in total. The van der Waals surface area contributed by atoms with Gasteiger partial charge in [0, 0.05) is 0 Å². The van der Waals surface area contributed by atoms with Crippen molar-refractivity contribution < 1.29 is 14.3 Å². The smallest absolute Gasteiger partial charge is 0.327 e. The summed E-state index contributed by atoms with van der Waals surface area (Å²) in [5, 5.41) is 0. The molecule has 0 amide bonds. The highest BCUT2D eigenvalue weighted by Crippen LogP contribution is 2.34. The van der Waals surface area contributed by atoms with Crippen LogP contribution in [-0.2, 0) is 4.52 Å². The third kappa shape index (κ3) is 3.48. The molecule has 0 spiro atoms. The van der Waals surface area contributed by atoms with E-state index >= 15 is 0 Å². The Bertz CT molecular complexity index is 110. The lowest BCUT2D eigenvalue weighted by Crippen LogP contribution is -2.18. The fourth-order valence-corrected chi connectivity index (χ4v) is 1.95. The Labute approximate surface area is 68.4 Å². The van der Waals surface area contributed by atoms with Gasteiger partial charge in [-0.05, 0) is 31.6 Å². The van der Waals surface area contributed by atoms with Gasteiger partial charge in [-0.3, -0.25) is 0 Å². The van der Waals surface area contributed by atoms with E-state index in [9.17, 15) is 0 Å². The molecule has 0 aromatic carbocycles. The first kappa shape index (κ1) is 9.40. The van der Waals surface area contributed by atoms with Crippen molar-refractivity contribution in [2.75, 3.05) is 0 Å². The van der Waals surface area contributed by atoms with Crippen molar-refractivity contribution in [2.45, 2.75) is 38.7 Å². The predicted molar refractivity (Wildman–Crippen MR) is 43.9 cm³/mol. The molecule has 0 atom stereocenters. The third-order valence-corrected chi connectivity index (χ3v) is 2.69. The molecule has 0 unspecified atom stereocenters. The largest absolute Gasteiger partial charge is 0.328 e. The Morgan fingerprint density at radius 1 is 1.18 bits per heavy atom. The topological polar surface area (TPSA) is 49.7 Å². The van der Waals surface area contributed by atoms with Crippen molar-refractivity contribution >= 4 is 8.60 Å². The summed E-state index contributed by atoms with van der Waals surface area (Å²) in [5.74, 6) is 0.776. The standard InChI is InChI=1S/C7H15O3P/c1-6-2-4-7(5-3-6)10-11(8)9/h6-9H,2-5H2,1H3. The Morgan fingerprint density at radius 3 is 2.18 bits per heavy atom. The maximum absolute atomic E-state index is 8.57. The molecule has 1 fully saturated rings. The monoisotopic (exact) mass is 178 g/mol. The highest BCUT2D eigenvalue weighted by molar-refractivity contribution is 7.39. The van der Waals surface area contributed by atoms with E-state index in [-0.39, 0.29) is 6.10 Å². The van der Waals surface area contributed by atoms with E-state index in [1.54, 1.807) is 0 Å². The van der Waals surface area contributed by atoms with Gasteiger partial charge < -0.3 is 14.3 Å². The van der Waals surface area contributed by atoms with E-state index in [4.69, 9.17) is 14.3 Å². The molecule has 4 heteroatoms. The summed E-state index contributed by atoms with van der Waals surface area (Å²) in [6.07, 6.45) is 4.33. The summed E-state index contributed by atoms with van der Waals surface area (Å²) in [7, 11) is -2.14. The molecular weight excluding hydrogens is 163 g/mol. The van der Waals surface area contributed by atoms with Crippen LogP contribution in [0.15, 0.2) is 0 Å². The molecule has 1 aliphatic carbocycles. The zero-order chi connectivity index (χ0) is 8.27. The molecule has 0 aromatic heterocycles. The normalized spacial score (nSPS) is 32.7. The fraction of sp³-hybridized carbons (Fsp3) is 1.00. The lowest BCUT2D eigenvalue weighted by Gasteiger charge is -2.25. The Balaban J connectivity index is 2.17. The first-order valence-electron chi connectivity index (χ1n) is 4.03. The van der Waals surface area contributed by atoms with Crippen LogP contribution in [0, 0.1) is 5.92 Å². The zero-order valence-electron chi connectivity index (χ0n) is 6.73. The van der Waals surface area contributed by atoms with Crippen molar-refractivity contribution in [1.29, 1.82) is 0 Å². The van der Waals surface area contributed by atoms with Gasteiger partial charge in [0.25, 0.3) is 0 Å². The molecule has 0 heterocycles. The highest BCUT2D eigenvalue weighted by atomic mass is 31.2. The van der Waals surface area contributed by atoms with Gasteiger partial charge in [0.1, 0.15) is 0 Å². The van der Waals surface area contributed by atoms with Gasteiger partial charge in [0.05, 0.1) is 6.10 Å². The van der Waals surface area contributed by atoms with Crippen molar-refractivity contribution in [1.82, 2.24) is 0 Å². The zero-order valence-corrected chi connectivity index (χ0v) is 7.63. The summed E-state index contributed by atoms with van der Waals surface area (Å²) in [5.41, 5.74) is 0. The first-order chi connectivity index (χ1) is 5.18. The minimum Gasteiger partial charge on any atom is -0.328 e. The fourth-order valence-electron chi connectivity index (χ4n) is 1.47. The summed E-state index contributed by atoms with van der Waals surface area (Å²) < 4.78 is 4.92. The van der Waals surface area contributed by atoms with Crippen molar-refractivity contribution in [3.8, 4) is 0 Å². The molecular formula is C7H15O3P. The molecule has 11 heavy (non-hydrogen) atoms. The molecule has 0 radical (unpaired) electrons. The Kier molecular flexibility index (Phi) is 3.73. The molecule has 1 saturated carbocycles. The van der Waals surface area contributed by atoms with E-state index in [1.165, 1.54) is 0 Å². The highest BCUT2D eigenvalue weighted by Gasteiger charge is 2.20. The van der Waals surface area contributed by atoms with E-state index in [0.29, 0.717) is 0 Å². The van der Waals surface area contributed by atoms with Crippen LogP contribution >= 0.6 is 8.60 Å². The van der Waals surface area contributed by atoms with E-state index in [2.05, 4.69) is 6.92 Å². The van der Waals surface area contributed by atoms with Crippen LogP contribution < -0.4 is 0 Å². The Morgan fingerprint density at radius 2 is 1.73 bits per heavy atom. The van der Waals surface area contributed by atoms with Crippen LogP contribution in [0.5, 0.6) is 0 Å². The second-order valence-corrected chi connectivity index (χ2v) is 3.96. The lowest BCUT2D eigenvalue weighted by atomic mass is 9.89. The van der Waals surface area contributed by atoms with E-state index < -0.39 is 8.60 Å². The number of hydrogen-bond acceptors (Lipinski definition) is 3. The number of rotatable bonds is 2. The predicted octanol–water partition coefficient (Wildman–Crippen LogP) is 1.79. The van der Waals surface area contributed by atoms with Crippen LogP contribution in [0.25, 0.3) is 0 Å². The summed E-state index contributed by atoms with van der Waals surface area (Å²) in [6, 6.07) is 0. The maximum atomic E-state index is 8.57. The van der Waals surface area contributed by atoms with Crippen LogP contribution in [0.3, 0.4) is 0 Å². The van der Waals surface area contributed by atoms with Crippen LogP contribution in [-0.4, -0.2) is 15.9 Å². The van der Waals surface area contributed by atoms with Gasteiger partial charge in [-0.1, -0.05) is 6.92 Å². The second-order valence-electron chi connectivity index (χ2n) is 3.24. The average molecular weight is 178 g/mol. The molecule has 1 rings (SSSR count). The van der Waals surface area contributed by atoms with Gasteiger partial charge in [0.15, 0.2) is 0 Å². The molecule has 3 nitrogen and oxygen atoms in total. The van der Waals surface area contributed by atoms with Gasteiger partial charge >= 0.3 is 8.60 Å². The first-order valence-corrected chi connectivity index (χ1v) is 5.19. The van der Waals surface area contributed by atoms with Gasteiger partial charge in [0.2, 0.25) is 0 Å². The molecule has 66 valence electrons. The minimum atomic E-state index is -2.14. The SMILES string of the molecule is CC1CCC(OP(O)O)CC1. The molecule has 0 saturated heterocycles. The Hall–Kier alpha value is 0.310. The summed E-state index contributed by atoms with van der Waals surface area (Å²) in [4.78, 5) is 17.1. The van der Waals surface area contributed by atoms with Crippen LogP contribution in [0.2, 0.25) is 0 Å². The second kappa shape index (κ2) is 4.36. The number of hydrogen-bond donors (Lipinski definition) is 2. The van der Waals surface area contributed by atoms with Crippen molar-refractivity contribution in [3.63, 3.8) is 0 Å². The minimum absolute atomic E-state index is 0.0901. The lowest BCUT2D eigenvalue weighted by molar-refractivity contribution is 0.117. The third-order valence-electron chi connectivity index (χ3n) is 2.21. The summed E-state index contributed by atoms with van der Waals surface area (Å²) in [6.45, 7) is 2.22. The summed E-state index contributed by atoms with van der Waals surface area (Å²) >= 11 is 0. The van der Waals surface area contributed by atoms with Gasteiger partial charge in [-0.2, -0.15) is 0 Å².